The molecule has 0 spiro atoms. The predicted molar refractivity (Wildman–Crippen MR) is 96.1 cm³/mol. The molecule has 0 saturated carbocycles. The van der Waals surface area contributed by atoms with Gasteiger partial charge in [-0.15, -0.1) is 24.0 Å². The summed E-state index contributed by atoms with van der Waals surface area (Å²) in [7, 11) is 1.74. The van der Waals surface area contributed by atoms with Crippen LogP contribution in [0.2, 0.25) is 0 Å². The van der Waals surface area contributed by atoms with Crippen LogP contribution in [0.3, 0.4) is 0 Å². The molecule has 1 heterocycles. The number of thioether (sulfide) groups is 1. The normalized spacial score (nSPS) is 18.6. The number of carbonyl (C=O) groups excluding carboxylic acids is 1. The van der Waals surface area contributed by atoms with Crippen molar-refractivity contribution in [3.05, 3.63) is 0 Å². The Morgan fingerprint density at radius 2 is 2.20 bits per heavy atom. The van der Waals surface area contributed by atoms with E-state index in [4.69, 9.17) is 4.74 Å². The van der Waals surface area contributed by atoms with Gasteiger partial charge in [0.2, 0.25) is 0 Å². The number of aliphatic imine (C=N–C) groups is 1. The van der Waals surface area contributed by atoms with Crippen molar-refractivity contribution in [1.29, 1.82) is 0 Å². The molecule has 0 bridgehead atoms. The average Bonchev–Trinajstić information content (AvgIpc) is 2.85. The summed E-state index contributed by atoms with van der Waals surface area (Å²) >= 11 is 2.01. The highest BCUT2D eigenvalue weighted by atomic mass is 127. The molecule has 0 aromatic rings. The Labute approximate surface area is 143 Å². The molecule has 1 rings (SSSR count). The van der Waals surface area contributed by atoms with Gasteiger partial charge in [0.05, 0.1) is 12.5 Å². The number of nitrogens with zero attached hydrogens (tertiary/aromatic N) is 1. The fourth-order valence-electron chi connectivity index (χ4n) is 1.84. The van der Waals surface area contributed by atoms with Gasteiger partial charge in [0.1, 0.15) is 0 Å². The van der Waals surface area contributed by atoms with Gasteiger partial charge in [-0.3, -0.25) is 9.79 Å². The Balaban J connectivity index is 0.00000361. The number of halogens is 1. The molecular formula is C13H26IN3O2S. The summed E-state index contributed by atoms with van der Waals surface area (Å²) in [5.41, 5.74) is 0. The van der Waals surface area contributed by atoms with Crippen molar-refractivity contribution in [1.82, 2.24) is 10.6 Å². The quantitative estimate of drug-likeness (QED) is 0.301. The minimum Gasteiger partial charge on any atom is -0.463 e. The van der Waals surface area contributed by atoms with Gasteiger partial charge in [0, 0.05) is 25.4 Å². The zero-order chi connectivity index (χ0) is 14.1. The minimum absolute atomic E-state index is 0. The lowest BCUT2D eigenvalue weighted by atomic mass is 10.2. The Morgan fingerprint density at radius 3 is 2.75 bits per heavy atom. The van der Waals surface area contributed by atoms with Crippen molar-refractivity contribution in [2.45, 2.75) is 44.5 Å². The highest BCUT2D eigenvalue weighted by Crippen LogP contribution is 2.25. The molecule has 7 heteroatoms. The largest absolute Gasteiger partial charge is 0.463 e. The van der Waals surface area contributed by atoms with Gasteiger partial charge in [-0.2, -0.15) is 11.8 Å². The minimum atomic E-state index is -0.177. The highest BCUT2D eigenvalue weighted by Gasteiger charge is 2.15. The number of guanidine groups is 1. The summed E-state index contributed by atoms with van der Waals surface area (Å²) in [5.74, 6) is 1.84. The van der Waals surface area contributed by atoms with E-state index in [0.717, 1.165) is 12.5 Å². The van der Waals surface area contributed by atoms with Gasteiger partial charge in [-0.1, -0.05) is 0 Å². The van der Waals surface area contributed by atoms with Gasteiger partial charge in [0.25, 0.3) is 0 Å². The summed E-state index contributed by atoms with van der Waals surface area (Å²) in [5, 5.41) is 7.10. The van der Waals surface area contributed by atoms with Gasteiger partial charge in [-0.05, 0) is 32.4 Å². The maximum atomic E-state index is 11.4. The molecule has 0 aliphatic carbocycles. The molecule has 1 unspecified atom stereocenters. The van der Waals surface area contributed by atoms with E-state index >= 15 is 0 Å². The van der Waals surface area contributed by atoms with Crippen LogP contribution in [0.15, 0.2) is 4.99 Å². The zero-order valence-electron chi connectivity index (χ0n) is 12.5. The van der Waals surface area contributed by atoms with E-state index in [9.17, 15) is 4.79 Å². The van der Waals surface area contributed by atoms with Gasteiger partial charge >= 0.3 is 5.97 Å². The summed E-state index contributed by atoms with van der Waals surface area (Å²) in [4.78, 5) is 15.5. The number of hydrogen-bond donors (Lipinski definition) is 2. The van der Waals surface area contributed by atoms with E-state index in [-0.39, 0.29) is 36.0 Å². The lowest BCUT2D eigenvalue weighted by Crippen LogP contribution is -2.41. The molecule has 0 radical (unpaired) electrons. The van der Waals surface area contributed by atoms with E-state index in [2.05, 4.69) is 15.6 Å². The molecule has 1 aliphatic heterocycles. The molecule has 0 aromatic heterocycles. The number of hydrogen-bond acceptors (Lipinski definition) is 4. The first-order valence-corrected chi connectivity index (χ1v) is 7.92. The molecule has 0 amide bonds. The summed E-state index contributed by atoms with van der Waals surface area (Å²) in [6.07, 6.45) is 2.89. The first-order chi connectivity index (χ1) is 9.11. The van der Waals surface area contributed by atoms with E-state index in [1.807, 2.05) is 25.6 Å². The summed E-state index contributed by atoms with van der Waals surface area (Å²) in [6.45, 7) is 5.18. The number of nitrogens with one attached hydrogen (secondary N) is 2. The number of ether oxygens (including phenoxy) is 1. The molecule has 5 nitrogen and oxygen atoms in total. The van der Waals surface area contributed by atoms with Crippen molar-refractivity contribution in [2.75, 3.05) is 25.9 Å². The van der Waals surface area contributed by atoms with Gasteiger partial charge in [0.15, 0.2) is 5.96 Å². The number of carbonyl (C=O) groups is 1. The first-order valence-electron chi connectivity index (χ1n) is 6.87. The van der Waals surface area contributed by atoms with Crippen LogP contribution in [0.25, 0.3) is 0 Å². The molecule has 1 atom stereocenters. The maximum Gasteiger partial charge on any atom is 0.307 e. The second kappa shape index (κ2) is 11.5. The van der Waals surface area contributed by atoms with Crippen LogP contribution >= 0.6 is 35.7 Å². The van der Waals surface area contributed by atoms with Crippen LogP contribution in [0, 0.1) is 0 Å². The zero-order valence-corrected chi connectivity index (χ0v) is 15.6. The topological polar surface area (TPSA) is 62.7 Å². The Morgan fingerprint density at radius 1 is 1.45 bits per heavy atom. The highest BCUT2D eigenvalue weighted by molar-refractivity contribution is 14.0. The Kier molecular flexibility index (Phi) is 11.4. The van der Waals surface area contributed by atoms with Gasteiger partial charge < -0.3 is 15.4 Å². The van der Waals surface area contributed by atoms with Crippen molar-refractivity contribution in [2.24, 2.45) is 4.99 Å². The maximum absolute atomic E-state index is 11.4. The number of rotatable bonds is 6. The second-order valence-electron chi connectivity index (χ2n) is 4.80. The van der Waals surface area contributed by atoms with Crippen molar-refractivity contribution in [3.63, 3.8) is 0 Å². The molecule has 1 aliphatic rings. The van der Waals surface area contributed by atoms with E-state index in [0.29, 0.717) is 18.2 Å². The van der Waals surface area contributed by atoms with Gasteiger partial charge in [-0.25, -0.2) is 0 Å². The first kappa shape index (κ1) is 19.8. The third-order valence-corrected chi connectivity index (χ3v) is 4.13. The molecule has 1 fully saturated rings. The smallest absolute Gasteiger partial charge is 0.307 e. The summed E-state index contributed by atoms with van der Waals surface area (Å²) < 4.78 is 5.06. The molecule has 20 heavy (non-hydrogen) atoms. The van der Waals surface area contributed by atoms with Crippen LogP contribution < -0.4 is 10.6 Å². The van der Waals surface area contributed by atoms with E-state index in [1.54, 1.807) is 7.05 Å². The fraction of sp³-hybridized carbons (Fsp3) is 0.846. The average molecular weight is 415 g/mol. The SMILES string of the molecule is CN=C(NCCC(=O)OC(C)C)NCC1CCCS1.I. The van der Waals surface area contributed by atoms with Crippen LogP contribution in [-0.2, 0) is 9.53 Å². The van der Waals surface area contributed by atoms with Crippen LogP contribution in [0.1, 0.15) is 33.1 Å². The standard InChI is InChI=1S/C13H25N3O2S.HI/c1-10(2)18-12(17)6-7-15-13(14-3)16-9-11-5-4-8-19-11;/h10-11H,4-9H2,1-3H3,(H2,14,15,16);1H. The lowest BCUT2D eigenvalue weighted by Gasteiger charge is -2.14. The van der Waals surface area contributed by atoms with Crippen LogP contribution in [0.5, 0.6) is 0 Å². The molecule has 2 N–H and O–H groups in total. The Hall–Kier alpha value is -0.180. The molecule has 1 saturated heterocycles. The summed E-state index contributed by atoms with van der Waals surface area (Å²) in [6, 6.07) is 0. The molecule has 0 aromatic carbocycles. The second-order valence-corrected chi connectivity index (χ2v) is 6.21. The Bertz CT molecular complexity index is 308. The fourth-order valence-corrected chi connectivity index (χ4v) is 3.04. The van der Waals surface area contributed by atoms with E-state index in [1.165, 1.54) is 18.6 Å². The van der Waals surface area contributed by atoms with Crippen LogP contribution in [0.4, 0.5) is 0 Å². The number of esters is 1. The predicted octanol–water partition coefficient (Wildman–Crippen LogP) is 2.01. The van der Waals surface area contributed by atoms with Crippen LogP contribution in [-0.4, -0.2) is 49.2 Å². The van der Waals surface area contributed by atoms with Crippen molar-refractivity contribution < 1.29 is 9.53 Å². The third kappa shape index (κ3) is 8.89. The molecule has 118 valence electrons. The van der Waals surface area contributed by atoms with Crippen molar-refractivity contribution >= 4 is 47.7 Å². The third-order valence-electron chi connectivity index (χ3n) is 2.73. The lowest BCUT2D eigenvalue weighted by molar-refractivity contribution is -0.147. The van der Waals surface area contributed by atoms with E-state index < -0.39 is 0 Å². The van der Waals surface area contributed by atoms with Crippen molar-refractivity contribution in [3.8, 4) is 0 Å². The monoisotopic (exact) mass is 415 g/mol. The molecular weight excluding hydrogens is 389 g/mol.